The van der Waals surface area contributed by atoms with Gasteiger partial charge in [0.1, 0.15) is 11.4 Å². The minimum Gasteiger partial charge on any atom is -0.349 e. The van der Waals surface area contributed by atoms with Gasteiger partial charge in [-0.3, -0.25) is 14.7 Å². The van der Waals surface area contributed by atoms with Crippen LogP contribution < -0.4 is 10.9 Å². The first-order valence-electron chi connectivity index (χ1n) is 9.43. The first-order valence-corrected chi connectivity index (χ1v) is 10.2. The Morgan fingerprint density at radius 2 is 1.93 bits per heavy atom. The van der Waals surface area contributed by atoms with Crippen LogP contribution in [-0.4, -0.2) is 37.4 Å². The fourth-order valence-corrected chi connectivity index (χ4v) is 3.95. The lowest BCUT2D eigenvalue weighted by molar-refractivity contribution is 0.0946. The second-order valence-electron chi connectivity index (χ2n) is 6.72. The lowest BCUT2D eigenvalue weighted by Gasteiger charge is -2.07. The second-order valence-corrected chi connectivity index (χ2v) is 7.92. The molecular formula is C21H20N6O2S. The number of aromatic nitrogens is 5. The van der Waals surface area contributed by atoms with Crippen molar-refractivity contribution in [2.45, 2.75) is 20.4 Å². The van der Waals surface area contributed by atoms with Crippen LogP contribution in [0, 0.1) is 13.8 Å². The SMILES string of the molecule is Cc1nc(C)c(-c2ccc(=O)n(CCNC(=O)c3cc(-c4ccccc4)n[nH]3)n2)s1. The van der Waals surface area contributed by atoms with Gasteiger partial charge in [0.05, 0.1) is 27.8 Å². The third-order valence-electron chi connectivity index (χ3n) is 4.50. The number of benzene rings is 1. The van der Waals surface area contributed by atoms with Crippen LogP contribution in [0.15, 0.2) is 53.3 Å². The first kappa shape index (κ1) is 19.7. The van der Waals surface area contributed by atoms with Gasteiger partial charge in [0, 0.05) is 18.2 Å². The molecule has 0 saturated heterocycles. The number of nitrogens with one attached hydrogen (secondary N) is 2. The molecule has 1 aromatic carbocycles. The minimum absolute atomic E-state index is 0.222. The minimum atomic E-state index is -0.289. The Kier molecular flexibility index (Phi) is 5.53. The molecule has 4 aromatic rings. The van der Waals surface area contributed by atoms with Crippen molar-refractivity contribution in [3.05, 3.63) is 75.3 Å². The molecule has 0 aliphatic heterocycles. The first-order chi connectivity index (χ1) is 14.5. The summed E-state index contributed by atoms with van der Waals surface area (Å²) >= 11 is 1.54. The van der Waals surface area contributed by atoms with Gasteiger partial charge < -0.3 is 5.32 Å². The predicted molar refractivity (Wildman–Crippen MR) is 115 cm³/mol. The Labute approximate surface area is 176 Å². The van der Waals surface area contributed by atoms with E-state index in [2.05, 4.69) is 25.6 Å². The summed E-state index contributed by atoms with van der Waals surface area (Å²) < 4.78 is 1.35. The Morgan fingerprint density at radius 1 is 1.13 bits per heavy atom. The van der Waals surface area contributed by atoms with Crippen LogP contribution >= 0.6 is 11.3 Å². The molecule has 8 nitrogen and oxygen atoms in total. The summed E-state index contributed by atoms with van der Waals surface area (Å²) in [6.45, 7) is 4.38. The molecule has 0 radical (unpaired) electrons. The van der Waals surface area contributed by atoms with Crippen molar-refractivity contribution in [1.29, 1.82) is 0 Å². The van der Waals surface area contributed by atoms with Gasteiger partial charge in [-0.1, -0.05) is 30.3 Å². The summed E-state index contributed by atoms with van der Waals surface area (Å²) in [6.07, 6.45) is 0. The third-order valence-corrected chi connectivity index (χ3v) is 5.60. The number of carbonyl (C=O) groups is 1. The van der Waals surface area contributed by atoms with E-state index < -0.39 is 0 Å². The zero-order valence-corrected chi connectivity index (χ0v) is 17.4. The Bertz CT molecular complexity index is 1240. The highest BCUT2D eigenvalue weighted by atomic mass is 32.1. The fraction of sp³-hybridized carbons (Fsp3) is 0.190. The standard InChI is InChI=1S/C21H20N6O2S/c1-13-20(30-14(2)23-13)16-8-9-19(28)27(26-16)11-10-22-21(29)18-12-17(24-25-18)15-6-4-3-5-7-15/h3-9,12H,10-11H2,1-2H3,(H,22,29)(H,24,25). The van der Waals surface area contributed by atoms with Gasteiger partial charge in [0.25, 0.3) is 11.5 Å². The van der Waals surface area contributed by atoms with Gasteiger partial charge in [-0.25, -0.2) is 9.67 Å². The Morgan fingerprint density at radius 3 is 2.67 bits per heavy atom. The van der Waals surface area contributed by atoms with Gasteiger partial charge in [0.15, 0.2) is 0 Å². The molecule has 30 heavy (non-hydrogen) atoms. The van der Waals surface area contributed by atoms with E-state index in [0.29, 0.717) is 17.1 Å². The Balaban J connectivity index is 1.41. The van der Waals surface area contributed by atoms with Crippen LogP contribution in [0.25, 0.3) is 21.8 Å². The van der Waals surface area contributed by atoms with Crippen molar-refractivity contribution < 1.29 is 4.79 Å². The molecule has 0 aliphatic rings. The van der Waals surface area contributed by atoms with Crippen molar-refractivity contribution in [2.75, 3.05) is 6.54 Å². The molecule has 2 N–H and O–H groups in total. The lowest BCUT2D eigenvalue weighted by atomic mass is 10.1. The number of amides is 1. The molecule has 0 bridgehead atoms. The molecule has 1 amide bonds. The number of hydrogen-bond acceptors (Lipinski definition) is 6. The van der Waals surface area contributed by atoms with Crippen LogP contribution in [0.2, 0.25) is 0 Å². The van der Waals surface area contributed by atoms with Crippen molar-refractivity contribution in [2.24, 2.45) is 0 Å². The van der Waals surface area contributed by atoms with Crippen LogP contribution in [0.3, 0.4) is 0 Å². The summed E-state index contributed by atoms with van der Waals surface area (Å²) in [6, 6.07) is 14.5. The van der Waals surface area contributed by atoms with E-state index in [0.717, 1.165) is 21.1 Å². The number of aromatic amines is 1. The van der Waals surface area contributed by atoms with Gasteiger partial charge in [-0.15, -0.1) is 11.3 Å². The molecule has 3 aromatic heterocycles. The van der Waals surface area contributed by atoms with E-state index in [1.54, 1.807) is 12.1 Å². The third kappa shape index (κ3) is 4.20. The second kappa shape index (κ2) is 8.42. The van der Waals surface area contributed by atoms with E-state index in [1.165, 1.54) is 22.1 Å². The zero-order chi connectivity index (χ0) is 21.1. The molecule has 9 heteroatoms. The van der Waals surface area contributed by atoms with Gasteiger partial charge >= 0.3 is 0 Å². The largest absolute Gasteiger partial charge is 0.349 e. The molecule has 0 atom stereocenters. The summed E-state index contributed by atoms with van der Waals surface area (Å²) in [5.74, 6) is -0.289. The number of aryl methyl sites for hydroxylation is 2. The van der Waals surface area contributed by atoms with Crippen LogP contribution in [0.1, 0.15) is 21.2 Å². The summed E-state index contributed by atoms with van der Waals surface area (Å²) in [5, 5.41) is 15.1. The molecule has 0 fully saturated rings. The number of hydrogen-bond donors (Lipinski definition) is 2. The average molecular weight is 420 g/mol. The van der Waals surface area contributed by atoms with Crippen molar-refractivity contribution in [3.8, 4) is 21.8 Å². The Hall–Kier alpha value is -3.59. The normalized spacial score (nSPS) is 10.9. The molecule has 3 heterocycles. The van der Waals surface area contributed by atoms with E-state index >= 15 is 0 Å². The molecule has 0 unspecified atom stereocenters. The summed E-state index contributed by atoms with van der Waals surface area (Å²) in [4.78, 5) is 29.9. The maximum absolute atomic E-state index is 12.4. The van der Waals surface area contributed by atoms with E-state index in [4.69, 9.17) is 0 Å². The molecule has 4 rings (SSSR count). The molecule has 0 saturated carbocycles. The van der Waals surface area contributed by atoms with Crippen LogP contribution in [-0.2, 0) is 6.54 Å². The number of thiazole rings is 1. The topological polar surface area (TPSA) is 106 Å². The molecule has 152 valence electrons. The smallest absolute Gasteiger partial charge is 0.269 e. The van der Waals surface area contributed by atoms with E-state index in [-0.39, 0.29) is 24.6 Å². The highest BCUT2D eigenvalue weighted by molar-refractivity contribution is 7.15. The van der Waals surface area contributed by atoms with Gasteiger partial charge in [-0.05, 0) is 26.0 Å². The van der Waals surface area contributed by atoms with Gasteiger partial charge in [-0.2, -0.15) is 10.2 Å². The van der Waals surface area contributed by atoms with Crippen molar-refractivity contribution >= 4 is 17.2 Å². The lowest BCUT2D eigenvalue weighted by Crippen LogP contribution is -2.32. The maximum Gasteiger partial charge on any atom is 0.269 e. The molecule has 0 spiro atoms. The quantitative estimate of drug-likeness (QED) is 0.499. The van der Waals surface area contributed by atoms with E-state index in [1.807, 2.05) is 44.2 Å². The maximum atomic E-state index is 12.4. The molecular weight excluding hydrogens is 400 g/mol. The van der Waals surface area contributed by atoms with Gasteiger partial charge in [0.2, 0.25) is 0 Å². The summed E-state index contributed by atoms with van der Waals surface area (Å²) in [5.41, 5.74) is 3.34. The predicted octanol–water partition coefficient (Wildman–Crippen LogP) is 2.80. The highest BCUT2D eigenvalue weighted by Gasteiger charge is 2.12. The van der Waals surface area contributed by atoms with Crippen LogP contribution in [0.5, 0.6) is 0 Å². The number of nitrogens with zero attached hydrogens (tertiary/aromatic N) is 4. The highest BCUT2D eigenvalue weighted by Crippen LogP contribution is 2.27. The van der Waals surface area contributed by atoms with Crippen LogP contribution in [0.4, 0.5) is 0 Å². The number of H-pyrrole nitrogens is 1. The van der Waals surface area contributed by atoms with Crippen molar-refractivity contribution in [1.82, 2.24) is 30.3 Å². The fourth-order valence-electron chi connectivity index (χ4n) is 3.06. The average Bonchev–Trinajstić information content (AvgIpc) is 3.36. The molecule has 0 aliphatic carbocycles. The zero-order valence-electron chi connectivity index (χ0n) is 16.5. The van der Waals surface area contributed by atoms with Crippen molar-refractivity contribution in [3.63, 3.8) is 0 Å². The monoisotopic (exact) mass is 420 g/mol. The number of rotatable bonds is 6. The summed E-state index contributed by atoms with van der Waals surface area (Å²) in [7, 11) is 0. The van der Waals surface area contributed by atoms with E-state index in [9.17, 15) is 9.59 Å². The number of carbonyl (C=O) groups excluding carboxylic acids is 1.